The molecule has 29 heavy (non-hydrogen) atoms. The number of allylic oxidation sites excluding steroid dienone is 1. The van der Waals surface area contributed by atoms with E-state index in [0.29, 0.717) is 16.7 Å². The fraction of sp³-hybridized carbons (Fsp3) is 0.929. The molecule has 0 radical (unpaired) electrons. The lowest BCUT2D eigenvalue weighted by Gasteiger charge is -2.59. The summed E-state index contributed by atoms with van der Waals surface area (Å²) in [4.78, 5) is 0. The highest BCUT2D eigenvalue weighted by atomic mass is 16.3. The van der Waals surface area contributed by atoms with Gasteiger partial charge in [0.05, 0.1) is 6.10 Å². The zero-order valence-corrected chi connectivity index (χ0v) is 20.2. The Bertz CT molecular complexity index is 620. The van der Waals surface area contributed by atoms with Crippen LogP contribution in [0, 0.1) is 52.3 Å². The summed E-state index contributed by atoms with van der Waals surface area (Å²) in [5.74, 6) is 5.78. The van der Waals surface area contributed by atoms with Crippen LogP contribution in [0.15, 0.2) is 11.6 Å². The highest BCUT2D eigenvalue weighted by Gasteiger charge is 2.59. The maximum absolute atomic E-state index is 10.5. The van der Waals surface area contributed by atoms with E-state index in [2.05, 4.69) is 47.6 Å². The van der Waals surface area contributed by atoms with E-state index in [-0.39, 0.29) is 6.10 Å². The Balaban J connectivity index is 1.51. The fourth-order valence-electron chi connectivity index (χ4n) is 9.08. The van der Waals surface area contributed by atoms with E-state index in [1.807, 2.05) is 0 Å². The van der Waals surface area contributed by atoms with E-state index in [0.717, 1.165) is 41.9 Å². The molecule has 0 heterocycles. The van der Waals surface area contributed by atoms with Gasteiger partial charge >= 0.3 is 0 Å². The van der Waals surface area contributed by atoms with Gasteiger partial charge in [-0.05, 0) is 91.3 Å². The topological polar surface area (TPSA) is 20.2 Å². The maximum atomic E-state index is 10.5. The quantitative estimate of drug-likeness (QED) is 0.470. The summed E-state index contributed by atoms with van der Waals surface area (Å²) >= 11 is 0. The Kier molecular flexibility index (Phi) is 6.04. The van der Waals surface area contributed by atoms with Gasteiger partial charge in [0.1, 0.15) is 0 Å². The van der Waals surface area contributed by atoms with Crippen molar-refractivity contribution >= 4 is 0 Å². The molecule has 0 aromatic carbocycles. The molecule has 0 spiro atoms. The van der Waals surface area contributed by atoms with Crippen molar-refractivity contribution in [1.82, 2.24) is 0 Å². The monoisotopic (exact) mass is 400 g/mol. The average molecular weight is 401 g/mol. The minimum absolute atomic E-state index is 0.109. The molecule has 0 unspecified atom stereocenters. The van der Waals surface area contributed by atoms with Crippen LogP contribution in [0.1, 0.15) is 106 Å². The minimum atomic E-state index is -0.109. The highest BCUT2D eigenvalue weighted by molar-refractivity contribution is 5.27. The van der Waals surface area contributed by atoms with Crippen molar-refractivity contribution in [3.8, 4) is 0 Å². The fourth-order valence-corrected chi connectivity index (χ4v) is 9.08. The Morgan fingerprint density at radius 1 is 1.00 bits per heavy atom. The normalized spacial score (nSPS) is 47.9. The summed E-state index contributed by atoms with van der Waals surface area (Å²) in [7, 11) is 0. The minimum Gasteiger partial charge on any atom is -0.393 e. The van der Waals surface area contributed by atoms with E-state index < -0.39 is 0 Å². The number of aliphatic hydroxyl groups is 1. The molecule has 3 saturated carbocycles. The summed E-state index contributed by atoms with van der Waals surface area (Å²) < 4.78 is 0. The molecule has 0 aromatic heterocycles. The number of hydrogen-bond acceptors (Lipinski definition) is 1. The highest BCUT2D eigenvalue weighted by Crippen LogP contribution is 2.67. The van der Waals surface area contributed by atoms with Gasteiger partial charge in [-0.2, -0.15) is 0 Å². The Hall–Kier alpha value is -0.300. The van der Waals surface area contributed by atoms with Crippen LogP contribution in [-0.2, 0) is 0 Å². The predicted molar refractivity (Wildman–Crippen MR) is 124 cm³/mol. The van der Waals surface area contributed by atoms with Crippen LogP contribution in [0.2, 0.25) is 0 Å². The van der Waals surface area contributed by atoms with Crippen LogP contribution in [-0.4, -0.2) is 11.2 Å². The summed E-state index contributed by atoms with van der Waals surface area (Å²) in [6.07, 6.45) is 16.1. The summed E-state index contributed by atoms with van der Waals surface area (Å²) in [5.41, 5.74) is 2.57. The van der Waals surface area contributed by atoms with Gasteiger partial charge < -0.3 is 5.11 Å². The van der Waals surface area contributed by atoms with Gasteiger partial charge in [0, 0.05) is 5.92 Å². The zero-order chi connectivity index (χ0) is 21.0. The third-order valence-electron chi connectivity index (χ3n) is 10.8. The molecule has 4 rings (SSSR count). The van der Waals surface area contributed by atoms with Gasteiger partial charge in [-0.3, -0.25) is 0 Å². The van der Waals surface area contributed by atoms with Crippen molar-refractivity contribution in [2.24, 2.45) is 52.3 Å². The van der Waals surface area contributed by atoms with Crippen LogP contribution >= 0.6 is 0 Å². The smallest absolute Gasteiger partial charge is 0.0603 e. The predicted octanol–water partition coefficient (Wildman–Crippen LogP) is 7.63. The van der Waals surface area contributed by atoms with Gasteiger partial charge in [0.15, 0.2) is 0 Å². The van der Waals surface area contributed by atoms with Crippen LogP contribution < -0.4 is 0 Å². The molecule has 1 heteroatoms. The van der Waals surface area contributed by atoms with Crippen LogP contribution in [0.3, 0.4) is 0 Å². The lowest BCUT2D eigenvalue weighted by atomic mass is 9.46. The molecule has 4 aliphatic rings. The molecule has 0 bridgehead atoms. The van der Waals surface area contributed by atoms with Crippen LogP contribution in [0.4, 0.5) is 0 Å². The second-order valence-electron chi connectivity index (χ2n) is 12.6. The summed E-state index contributed by atoms with van der Waals surface area (Å²) in [6, 6.07) is 0. The zero-order valence-electron chi connectivity index (χ0n) is 20.2. The van der Waals surface area contributed by atoms with Crippen molar-refractivity contribution in [3.63, 3.8) is 0 Å². The molecule has 0 amide bonds. The largest absolute Gasteiger partial charge is 0.393 e. The van der Waals surface area contributed by atoms with Crippen molar-refractivity contribution in [1.29, 1.82) is 0 Å². The Morgan fingerprint density at radius 3 is 2.48 bits per heavy atom. The maximum Gasteiger partial charge on any atom is 0.0603 e. The molecule has 0 aliphatic heterocycles. The second-order valence-corrected chi connectivity index (χ2v) is 12.6. The number of aliphatic hydroxyl groups excluding tert-OH is 1. The standard InChI is InChI=1S/C28H48O/c1-18(2)8-7-9-19(3)22-12-13-24-21-10-11-23-20(4)26(29)15-17-28(23,6)25(21)14-16-27(22,24)5/h11,18-22,24-26,29H,7-10,12-17H2,1-6H3/t19-,20+,21+,22-,24+,25+,26+,27-,28+/m1/s1. The van der Waals surface area contributed by atoms with Crippen molar-refractivity contribution in [2.75, 3.05) is 0 Å². The van der Waals surface area contributed by atoms with Crippen LogP contribution in [0.5, 0.6) is 0 Å². The molecule has 9 atom stereocenters. The van der Waals surface area contributed by atoms with Crippen LogP contribution in [0.25, 0.3) is 0 Å². The Labute approximate surface area is 181 Å². The molecule has 166 valence electrons. The third-order valence-corrected chi connectivity index (χ3v) is 10.8. The molecule has 4 aliphatic carbocycles. The van der Waals surface area contributed by atoms with E-state index in [1.165, 1.54) is 57.8 Å². The lowest BCUT2D eigenvalue weighted by molar-refractivity contribution is -0.0644. The van der Waals surface area contributed by atoms with Gasteiger partial charge in [-0.1, -0.05) is 72.5 Å². The number of hydrogen-bond donors (Lipinski definition) is 1. The number of fused-ring (bicyclic) bond motifs is 5. The lowest BCUT2D eigenvalue weighted by Crippen LogP contribution is -2.52. The molecular formula is C28H48O. The molecule has 0 aromatic rings. The molecule has 1 N–H and O–H groups in total. The van der Waals surface area contributed by atoms with Gasteiger partial charge in [-0.25, -0.2) is 0 Å². The van der Waals surface area contributed by atoms with Gasteiger partial charge in [0.25, 0.3) is 0 Å². The van der Waals surface area contributed by atoms with E-state index in [1.54, 1.807) is 5.57 Å². The summed E-state index contributed by atoms with van der Waals surface area (Å²) in [5, 5.41) is 10.5. The van der Waals surface area contributed by atoms with Gasteiger partial charge in [-0.15, -0.1) is 0 Å². The van der Waals surface area contributed by atoms with Crippen molar-refractivity contribution < 1.29 is 5.11 Å². The second kappa shape index (κ2) is 7.99. The molecule has 0 saturated heterocycles. The SMILES string of the molecule is CC(C)CCC[C@@H](C)[C@H]1CC[C@H]2[C@@H]3CC=C4[C@H](C)[C@@H](O)CC[C@]4(C)[C@H]3CC[C@]12C. The molecule has 3 fully saturated rings. The first-order chi connectivity index (χ1) is 13.7. The first kappa shape index (κ1) is 21.9. The first-order valence-corrected chi connectivity index (χ1v) is 13.1. The average Bonchev–Trinajstić information content (AvgIpc) is 3.02. The van der Waals surface area contributed by atoms with E-state index in [9.17, 15) is 5.11 Å². The van der Waals surface area contributed by atoms with E-state index >= 15 is 0 Å². The third kappa shape index (κ3) is 3.56. The van der Waals surface area contributed by atoms with Crippen molar-refractivity contribution in [2.45, 2.75) is 112 Å². The molecular weight excluding hydrogens is 352 g/mol. The summed E-state index contributed by atoms with van der Waals surface area (Å²) in [6.45, 7) is 14.9. The van der Waals surface area contributed by atoms with Crippen molar-refractivity contribution in [3.05, 3.63) is 11.6 Å². The Morgan fingerprint density at radius 2 is 1.76 bits per heavy atom. The van der Waals surface area contributed by atoms with E-state index in [4.69, 9.17) is 0 Å². The molecule has 1 nitrogen and oxygen atoms in total. The number of rotatable bonds is 5. The van der Waals surface area contributed by atoms with Gasteiger partial charge in [0.2, 0.25) is 0 Å². The first-order valence-electron chi connectivity index (χ1n) is 13.1.